The fourth-order valence-corrected chi connectivity index (χ4v) is 4.19. The topological polar surface area (TPSA) is 72.5 Å². The molecule has 0 spiro atoms. The van der Waals surface area contributed by atoms with E-state index < -0.39 is 16.0 Å². The molecule has 5 nitrogen and oxygen atoms in total. The molecule has 2 aromatic rings. The van der Waals surface area contributed by atoms with Crippen LogP contribution < -0.4 is 4.24 Å². The van der Waals surface area contributed by atoms with Gasteiger partial charge in [-0.2, -0.15) is 0 Å². The number of benzene rings is 1. The average molecular weight is 306 g/mol. The number of carbonyl (C=O) groups excluding carboxylic acids is 1. The van der Waals surface area contributed by atoms with Crippen molar-refractivity contribution in [1.82, 2.24) is 4.24 Å². The molecule has 1 aromatic carbocycles. The van der Waals surface area contributed by atoms with E-state index in [1.165, 1.54) is 7.11 Å². The van der Waals surface area contributed by atoms with Crippen LogP contribution in [0.15, 0.2) is 29.2 Å². The molecule has 0 aliphatic carbocycles. The van der Waals surface area contributed by atoms with Crippen molar-refractivity contribution in [2.75, 3.05) is 7.11 Å². The van der Waals surface area contributed by atoms with Crippen molar-refractivity contribution in [3.63, 3.8) is 0 Å². The number of rotatable bonds is 3. The highest BCUT2D eigenvalue weighted by atomic mass is 35.5. The van der Waals surface area contributed by atoms with Gasteiger partial charge in [0.05, 0.1) is 7.11 Å². The normalized spacial score (nSPS) is 11.7. The van der Waals surface area contributed by atoms with Crippen molar-refractivity contribution >= 4 is 49.2 Å². The Hall–Kier alpha value is -1.15. The van der Waals surface area contributed by atoms with Gasteiger partial charge in [0.1, 0.15) is 9.77 Å². The van der Waals surface area contributed by atoms with Gasteiger partial charge in [0, 0.05) is 10.1 Å². The fraction of sp³-hybridized carbons (Fsp3) is 0.100. The summed E-state index contributed by atoms with van der Waals surface area (Å²) in [5.41, 5.74) is 0. The van der Waals surface area contributed by atoms with Crippen LogP contribution in [0.1, 0.15) is 9.67 Å². The lowest BCUT2D eigenvalue weighted by atomic mass is 10.2. The second-order valence-electron chi connectivity index (χ2n) is 3.33. The molecule has 0 aliphatic rings. The Labute approximate surface area is 112 Å². The second-order valence-corrected chi connectivity index (χ2v) is 6.41. The van der Waals surface area contributed by atoms with E-state index in [4.69, 9.17) is 11.8 Å². The number of hydrogen-bond donors (Lipinski definition) is 1. The van der Waals surface area contributed by atoms with Gasteiger partial charge in [0.2, 0.25) is 0 Å². The number of hydrogen-bond acceptors (Lipinski definition) is 5. The predicted octanol–water partition coefficient (Wildman–Crippen LogP) is 2.12. The summed E-state index contributed by atoms with van der Waals surface area (Å²) in [5.74, 6) is -0.707. The van der Waals surface area contributed by atoms with Gasteiger partial charge in [-0.15, -0.1) is 15.6 Å². The second kappa shape index (κ2) is 4.85. The van der Waals surface area contributed by atoms with E-state index in [2.05, 4.69) is 4.74 Å². The van der Waals surface area contributed by atoms with Crippen LogP contribution in [-0.4, -0.2) is 21.5 Å². The molecule has 8 heteroatoms. The number of esters is 1. The molecule has 1 aromatic heterocycles. The number of halogens is 1. The SMILES string of the molecule is COC(=O)c1sc2ccccc2c1S(=O)(=O)NCl. The van der Waals surface area contributed by atoms with Gasteiger partial charge >= 0.3 is 5.97 Å². The molecule has 0 bridgehead atoms. The smallest absolute Gasteiger partial charge is 0.349 e. The molecular weight excluding hydrogens is 298 g/mol. The lowest BCUT2D eigenvalue weighted by Crippen LogP contribution is -2.16. The molecule has 0 unspecified atom stereocenters. The Morgan fingerprint density at radius 1 is 1.39 bits per heavy atom. The van der Waals surface area contributed by atoms with Crippen LogP contribution in [0, 0.1) is 0 Å². The minimum absolute atomic E-state index is 0.00634. The number of ether oxygens (including phenoxy) is 1. The molecule has 96 valence electrons. The van der Waals surface area contributed by atoms with E-state index in [1.54, 1.807) is 28.5 Å². The summed E-state index contributed by atoms with van der Waals surface area (Å²) in [7, 11) is -2.75. The molecule has 0 aliphatic heterocycles. The lowest BCUT2D eigenvalue weighted by molar-refractivity contribution is 0.0602. The number of methoxy groups -OCH3 is 1. The maximum atomic E-state index is 11.9. The van der Waals surface area contributed by atoms with Crippen LogP contribution in [0.4, 0.5) is 0 Å². The highest BCUT2D eigenvalue weighted by Crippen LogP contribution is 2.35. The van der Waals surface area contributed by atoms with Gasteiger partial charge in [0.25, 0.3) is 10.0 Å². The monoisotopic (exact) mass is 305 g/mol. The summed E-state index contributed by atoms with van der Waals surface area (Å²) in [6.07, 6.45) is 0. The first-order valence-electron chi connectivity index (χ1n) is 4.73. The molecule has 0 atom stereocenters. The van der Waals surface area contributed by atoms with Gasteiger partial charge in [-0.1, -0.05) is 18.2 Å². The van der Waals surface area contributed by atoms with Crippen LogP contribution in [0.25, 0.3) is 10.1 Å². The summed E-state index contributed by atoms with van der Waals surface area (Å²) in [6, 6.07) is 6.77. The van der Waals surface area contributed by atoms with Crippen molar-refractivity contribution in [2.45, 2.75) is 4.90 Å². The number of fused-ring (bicyclic) bond motifs is 1. The van der Waals surface area contributed by atoms with E-state index in [9.17, 15) is 13.2 Å². The standard InChI is InChI=1S/C10H8ClNO4S2/c1-16-10(13)8-9(18(14,15)12-11)6-4-2-3-5-7(6)17-8/h2-5,12H,1H3. The Bertz CT molecular complexity index is 708. The van der Waals surface area contributed by atoms with Gasteiger partial charge in [-0.25, -0.2) is 13.2 Å². The zero-order valence-corrected chi connectivity index (χ0v) is 11.5. The minimum atomic E-state index is -3.94. The number of carbonyl (C=O) groups is 1. The van der Waals surface area contributed by atoms with E-state index in [0.29, 0.717) is 10.1 Å². The van der Waals surface area contributed by atoms with Gasteiger partial charge in [0.15, 0.2) is 0 Å². The highest BCUT2D eigenvalue weighted by molar-refractivity contribution is 7.91. The summed E-state index contributed by atoms with van der Waals surface area (Å²) in [5, 5.41) is 0.441. The Morgan fingerprint density at radius 2 is 2.06 bits per heavy atom. The minimum Gasteiger partial charge on any atom is -0.465 e. The summed E-state index contributed by atoms with van der Waals surface area (Å²) >= 11 is 6.27. The molecule has 0 saturated carbocycles. The zero-order valence-electron chi connectivity index (χ0n) is 9.14. The summed E-state index contributed by atoms with van der Waals surface area (Å²) in [4.78, 5) is 11.5. The first-order chi connectivity index (χ1) is 8.51. The van der Waals surface area contributed by atoms with Crippen LogP contribution in [0.2, 0.25) is 0 Å². The number of thiophene rings is 1. The van der Waals surface area contributed by atoms with Crippen LogP contribution in [0.3, 0.4) is 0 Å². The summed E-state index contributed by atoms with van der Waals surface area (Å²) < 4.78 is 30.7. The van der Waals surface area contributed by atoms with Crippen molar-refractivity contribution < 1.29 is 17.9 Å². The maximum Gasteiger partial charge on any atom is 0.349 e. The van der Waals surface area contributed by atoms with Gasteiger partial charge < -0.3 is 4.74 Å². The third kappa shape index (κ3) is 2.10. The summed E-state index contributed by atoms with van der Waals surface area (Å²) in [6.45, 7) is 0. The number of sulfonamides is 1. The molecule has 1 heterocycles. The Balaban J connectivity index is 2.86. The molecule has 18 heavy (non-hydrogen) atoms. The van der Waals surface area contributed by atoms with Crippen molar-refractivity contribution in [3.05, 3.63) is 29.1 Å². The van der Waals surface area contributed by atoms with Crippen molar-refractivity contribution in [3.8, 4) is 0 Å². The average Bonchev–Trinajstić information content (AvgIpc) is 2.77. The van der Waals surface area contributed by atoms with Crippen molar-refractivity contribution in [1.29, 1.82) is 0 Å². The van der Waals surface area contributed by atoms with E-state index >= 15 is 0 Å². The van der Waals surface area contributed by atoms with E-state index in [0.717, 1.165) is 11.3 Å². The zero-order chi connectivity index (χ0) is 13.3. The first kappa shape index (κ1) is 13.3. The molecule has 2 rings (SSSR count). The van der Waals surface area contributed by atoms with Crippen molar-refractivity contribution in [2.24, 2.45) is 0 Å². The lowest BCUT2D eigenvalue weighted by Gasteiger charge is -2.02. The third-order valence-electron chi connectivity index (χ3n) is 2.29. The maximum absolute atomic E-state index is 11.9. The quantitative estimate of drug-likeness (QED) is 0.696. The first-order valence-corrected chi connectivity index (χ1v) is 7.41. The largest absolute Gasteiger partial charge is 0.465 e. The van der Waals surface area contributed by atoms with Crippen LogP contribution in [-0.2, 0) is 14.8 Å². The van der Waals surface area contributed by atoms with E-state index in [-0.39, 0.29) is 9.77 Å². The Morgan fingerprint density at radius 3 is 2.67 bits per heavy atom. The van der Waals surface area contributed by atoms with Crippen LogP contribution in [0.5, 0.6) is 0 Å². The number of nitrogens with one attached hydrogen (secondary N) is 1. The molecule has 0 radical (unpaired) electrons. The molecular formula is C10H8ClNO4S2. The fourth-order valence-electron chi connectivity index (χ4n) is 1.55. The molecule has 0 fully saturated rings. The molecule has 1 N–H and O–H groups in total. The van der Waals surface area contributed by atoms with E-state index in [1.807, 2.05) is 0 Å². The third-order valence-corrected chi connectivity index (χ3v) is 5.35. The molecule has 0 amide bonds. The van der Waals surface area contributed by atoms with Gasteiger partial charge in [-0.05, 0) is 17.8 Å². The highest BCUT2D eigenvalue weighted by Gasteiger charge is 2.28. The van der Waals surface area contributed by atoms with Gasteiger partial charge in [-0.3, -0.25) is 0 Å². The van der Waals surface area contributed by atoms with Crippen LogP contribution >= 0.6 is 23.1 Å². The Kier molecular flexibility index (Phi) is 3.58. The molecule has 0 saturated heterocycles. The predicted molar refractivity (Wildman–Crippen MR) is 69.3 cm³/mol.